The van der Waals surface area contributed by atoms with E-state index in [4.69, 9.17) is 5.73 Å². The zero-order chi connectivity index (χ0) is 17.7. The van der Waals surface area contributed by atoms with Gasteiger partial charge in [-0.2, -0.15) is 0 Å². The number of anilines is 1. The lowest BCUT2D eigenvalue weighted by atomic mass is 10.2. The summed E-state index contributed by atoms with van der Waals surface area (Å²) in [7, 11) is 0. The number of nitrogens with two attached hydrogens (primary N) is 1. The summed E-state index contributed by atoms with van der Waals surface area (Å²) in [6.07, 6.45) is 3.15. The van der Waals surface area contributed by atoms with Gasteiger partial charge >= 0.3 is 0 Å². The third kappa shape index (κ3) is 4.80. The highest BCUT2D eigenvalue weighted by molar-refractivity contribution is 7.98. The molecule has 6 nitrogen and oxygen atoms in total. The molecule has 0 bridgehead atoms. The molecule has 7 heteroatoms. The van der Waals surface area contributed by atoms with Crippen molar-refractivity contribution >= 4 is 29.3 Å². The fourth-order valence-electron chi connectivity index (χ4n) is 2.42. The number of carbonyl (C=O) groups excluding carboxylic acids is 2. The maximum Gasteiger partial charge on any atom is 0.238 e. The number of hydrogen-bond acceptors (Lipinski definition) is 5. The summed E-state index contributed by atoms with van der Waals surface area (Å²) < 4.78 is 0. The summed E-state index contributed by atoms with van der Waals surface area (Å²) in [5, 5.41) is 6.75. The SMILES string of the molecule is NC(=O)C1(NCC(=O)Nc2cccc(CSc3ccccn3)c2)CC1. The Morgan fingerprint density at radius 2 is 2.04 bits per heavy atom. The van der Waals surface area contributed by atoms with E-state index in [0.717, 1.165) is 22.0 Å². The van der Waals surface area contributed by atoms with Gasteiger partial charge in [0.25, 0.3) is 0 Å². The highest BCUT2D eigenvalue weighted by Gasteiger charge is 2.48. The molecule has 4 N–H and O–H groups in total. The summed E-state index contributed by atoms with van der Waals surface area (Å²) in [6, 6.07) is 13.5. The maximum absolute atomic E-state index is 12.1. The molecule has 0 aliphatic heterocycles. The number of thioether (sulfide) groups is 1. The number of aromatic nitrogens is 1. The molecular weight excluding hydrogens is 336 g/mol. The van der Waals surface area contributed by atoms with Crippen LogP contribution in [-0.2, 0) is 15.3 Å². The monoisotopic (exact) mass is 356 g/mol. The molecular formula is C18H20N4O2S. The van der Waals surface area contributed by atoms with Crippen LogP contribution in [0, 0.1) is 0 Å². The van der Waals surface area contributed by atoms with Crippen LogP contribution >= 0.6 is 11.8 Å². The third-order valence-electron chi connectivity index (χ3n) is 4.04. The van der Waals surface area contributed by atoms with E-state index in [1.165, 1.54) is 0 Å². The molecule has 2 aromatic rings. The fraction of sp³-hybridized carbons (Fsp3) is 0.278. The molecule has 1 aliphatic carbocycles. The van der Waals surface area contributed by atoms with E-state index in [-0.39, 0.29) is 12.5 Å². The molecule has 0 spiro atoms. The number of nitrogens with one attached hydrogen (secondary N) is 2. The Balaban J connectivity index is 1.51. The van der Waals surface area contributed by atoms with Gasteiger partial charge in [-0.25, -0.2) is 4.98 Å². The number of nitrogens with zero attached hydrogens (tertiary/aromatic N) is 1. The van der Waals surface area contributed by atoms with E-state index in [2.05, 4.69) is 15.6 Å². The maximum atomic E-state index is 12.1. The summed E-state index contributed by atoms with van der Waals surface area (Å²) in [4.78, 5) is 27.6. The molecule has 0 saturated heterocycles. The lowest BCUT2D eigenvalue weighted by Gasteiger charge is -2.13. The first-order valence-corrected chi connectivity index (χ1v) is 9.03. The second-order valence-corrected chi connectivity index (χ2v) is 7.00. The number of hydrogen-bond donors (Lipinski definition) is 3. The van der Waals surface area contributed by atoms with Gasteiger partial charge in [0.1, 0.15) is 0 Å². The fourth-order valence-corrected chi connectivity index (χ4v) is 3.22. The van der Waals surface area contributed by atoms with Crippen molar-refractivity contribution in [2.75, 3.05) is 11.9 Å². The largest absolute Gasteiger partial charge is 0.368 e. The standard InChI is InChI=1S/C18H20N4O2S/c19-17(24)18(7-8-18)21-11-15(23)22-14-5-3-4-13(10-14)12-25-16-6-1-2-9-20-16/h1-6,9-10,21H,7-8,11-12H2,(H2,19,24)(H,22,23). The molecule has 0 atom stereocenters. The molecule has 1 aromatic heterocycles. The van der Waals surface area contributed by atoms with Gasteiger partial charge in [-0.15, -0.1) is 11.8 Å². The summed E-state index contributed by atoms with van der Waals surface area (Å²) in [6.45, 7) is 0.0653. The minimum atomic E-state index is -0.682. The highest BCUT2D eigenvalue weighted by atomic mass is 32.2. The smallest absolute Gasteiger partial charge is 0.238 e. The number of benzene rings is 1. The summed E-state index contributed by atoms with van der Waals surface area (Å²) in [5.74, 6) is 0.180. The molecule has 2 amide bonds. The van der Waals surface area contributed by atoms with Crippen molar-refractivity contribution in [2.24, 2.45) is 5.73 Å². The van der Waals surface area contributed by atoms with Crippen LogP contribution in [0.25, 0.3) is 0 Å². The van der Waals surface area contributed by atoms with Crippen molar-refractivity contribution in [3.05, 3.63) is 54.2 Å². The lowest BCUT2D eigenvalue weighted by Crippen LogP contribution is -2.46. The van der Waals surface area contributed by atoms with Gasteiger partial charge in [0.15, 0.2) is 0 Å². The first kappa shape index (κ1) is 17.4. The van der Waals surface area contributed by atoms with Gasteiger partial charge < -0.3 is 11.1 Å². The van der Waals surface area contributed by atoms with E-state index < -0.39 is 11.4 Å². The topological polar surface area (TPSA) is 97.1 Å². The predicted octanol–water partition coefficient (Wildman–Crippen LogP) is 1.92. The lowest BCUT2D eigenvalue weighted by molar-refractivity contribution is -0.121. The van der Waals surface area contributed by atoms with Crippen molar-refractivity contribution in [3.63, 3.8) is 0 Å². The Hall–Kier alpha value is -2.38. The van der Waals surface area contributed by atoms with E-state index >= 15 is 0 Å². The molecule has 0 radical (unpaired) electrons. The molecule has 0 unspecified atom stereocenters. The number of rotatable bonds is 8. The van der Waals surface area contributed by atoms with Crippen molar-refractivity contribution < 1.29 is 9.59 Å². The van der Waals surface area contributed by atoms with Crippen LogP contribution in [0.1, 0.15) is 18.4 Å². The minimum absolute atomic E-state index is 0.0653. The highest BCUT2D eigenvalue weighted by Crippen LogP contribution is 2.34. The van der Waals surface area contributed by atoms with Crippen molar-refractivity contribution in [3.8, 4) is 0 Å². The molecule has 1 heterocycles. The van der Waals surface area contributed by atoms with Crippen molar-refractivity contribution in [2.45, 2.75) is 29.2 Å². The molecule has 1 fully saturated rings. The third-order valence-corrected chi connectivity index (χ3v) is 5.06. The van der Waals surface area contributed by atoms with Gasteiger partial charge in [0.2, 0.25) is 11.8 Å². The van der Waals surface area contributed by atoms with Crippen LogP contribution in [0.5, 0.6) is 0 Å². The number of primary amides is 1. The van der Waals surface area contributed by atoms with Crippen LogP contribution < -0.4 is 16.4 Å². The molecule has 25 heavy (non-hydrogen) atoms. The van der Waals surface area contributed by atoms with Crippen LogP contribution in [-0.4, -0.2) is 28.9 Å². The van der Waals surface area contributed by atoms with E-state index in [0.29, 0.717) is 12.8 Å². The Morgan fingerprint density at radius 1 is 1.20 bits per heavy atom. The minimum Gasteiger partial charge on any atom is -0.368 e. The van der Waals surface area contributed by atoms with Gasteiger partial charge in [-0.05, 0) is 42.7 Å². The summed E-state index contributed by atoms with van der Waals surface area (Å²) >= 11 is 1.64. The average Bonchev–Trinajstić information content (AvgIpc) is 3.41. The van der Waals surface area contributed by atoms with Gasteiger partial charge in [0, 0.05) is 17.6 Å². The van der Waals surface area contributed by atoms with Gasteiger partial charge in [-0.3, -0.25) is 14.9 Å². The number of carbonyl (C=O) groups is 2. The van der Waals surface area contributed by atoms with E-state index in [1.807, 2.05) is 42.5 Å². The number of pyridine rings is 1. The zero-order valence-electron chi connectivity index (χ0n) is 13.7. The zero-order valence-corrected chi connectivity index (χ0v) is 14.5. The van der Waals surface area contributed by atoms with Crippen LogP contribution in [0.15, 0.2) is 53.7 Å². The Labute approximate surface area is 150 Å². The van der Waals surface area contributed by atoms with Crippen molar-refractivity contribution in [1.82, 2.24) is 10.3 Å². The normalized spacial score (nSPS) is 14.7. The Bertz CT molecular complexity index is 763. The second-order valence-electron chi connectivity index (χ2n) is 6.01. The van der Waals surface area contributed by atoms with Gasteiger partial charge in [0.05, 0.1) is 17.1 Å². The van der Waals surface area contributed by atoms with Crippen LogP contribution in [0.3, 0.4) is 0 Å². The molecule has 130 valence electrons. The first-order valence-electron chi connectivity index (χ1n) is 8.05. The quantitative estimate of drug-likeness (QED) is 0.628. The molecule has 3 rings (SSSR count). The molecule has 1 aromatic carbocycles. The van der Waals surface area contributed by atoms with E-state index in [9.17, 15) is 9.59 Å². The molecule has 1 saturated carbocycles. The van der Waals surface area contributed by atoms with Gasteiger partial charge in [-0.1, -0.05) is 18.2 Å². The van der Waals surface area contributed by atoms with Crippen molar-refractivity contribution in [1.29, 1.82) is 0 Å². The van der Waals surface area contributed by atoms with E-state index in [1.54, 1.807) is 18.0 Å². The molecule has 1 aliphatic rings. The predicted molar refractivity (Wildman–Crippen MR) is 98.0 cm³/mol. The average molecular weight is 356 g/mol. The Morgan fingerprint density at radius 3 is 2.72 bits per heavy atom. The Kier molecular flexibility index (Phi) is 5.35. The van der Waals surface area contributed by atoms with Crippen LogP contribution in [0.4, 0.5) is 5.69 Å². The number of amides is 2. The summed E-state index contributed by atoms with van der Waals surface area (Å²) in [5.41, 5.74) is 6.48. The van der Waals surface area contributed by atoms with Crippen LogP contribution in [0.2, 0.25) is 0 Å². The first-order chi connectivity index (χ1) is 12.1. The second kappa shape index (κ2) is 7.67.